The maximum Gasteiger partial charge on any atom is 0.172 e. The summed E-state index contributed by atoms with van der Waals surface area (Å²) in [6.07, 6.45) is 6.31. The standard InChI is InChI=1S/C26H27BrClN5S/c1-34-24-9-5-2-6-19(24)17-32-12-10-18(11-13-32)15-29-25-14-23(20-7-3-4-8-22(20)28)31-26-21(27)16-30-33(25)26/h2-9,14,16,18,29H,10-13,15,17H2,1H3. The summed E-state index contributed by atoms with van der Waals surface area (Å²) >= 11 is 11.9. The molecule has 8 heteroatoms. The number of piperidine rings is 1. The zero-order valence-electron chi connectivity index (χ0n) is 19.0. The van der Waals surface area contributed by atoms with E-state index in [0.717, 1.165) is 53.4 Å². The van der Waals surface area contributed by atoms with Gasteiger partial charge in [0.05, 0.1) is 16.4 Å². The number of nitrogens with one attached hydrogen (secondary N) is 1. The molecule has 4 aromatic rings. The third kappa shape index (κ3) is 5.13. The normalized spacial score (nSPS) is 15.1. The third-order valence-corrected chi connectivity index (χ3v) is 8.17. The van der Waals surface area contributed by atoms with E-state index in [1.807, 2.05) is 46.6 Å². The number of fused-ring (bicyclic) bond motifs is 1. The summed E-state index contributed by atoms with van der Waals surface area (Å²) in [6.45, 7) is 4.19. The highest BCUT2D eigenvalue weighted by Crippen LogP contribution is 2.31. The van der Waals surface area contributed by atoms with Crippen molar-refractivity contribution in [3.05, 3.63) is 75.9 Å². The van der Waals surface area contributed by atoms with E-state index in [-0.39, 0.29) is 0 Å². The fraction of sp³-hybridized carbons (Fsp3) is 0.308. The molecule has 0 unspecified atom stereocenters. The number of thioether (sulfide) groups is 1. The van der Waals surface area contributed by atoms with Crippen molar-refractivity contribution >= 4 is 50.8 Å². The lowest BCUT2D eigenvalue weighted by Crippen LogP contribution is -2.35. The van der Waals surface area contributed by atoms with Crippen molar-refractivity contribution in [1.82, 2.24) is 19.5 Å². The Balaban J connectivity index is 1.26. The summed E-state index contributed by atoms with van der Waals surface area (Å²) in [5.74, 6) is 1.56. The van der Waals surface area contributed by atoms with Gasteiger partial charge in [0, 0.05) is 34.6 Å². The molecule has 1 aliphatic rings. The average molecular weight is 557 g/mol. The Morgan fingerprint density at radius 2 is 1.88 bits per heavy atom. The molecule has 0 aliphatic carbocycles. The van der Waals surface area contributed by atoms with Crippen LogP contribution in [0.15, 0.2) is 70.2 Å². The molecule has 176 valence electrons. The molecule has 0 atom stereocenters. The summed E-state index contributed by atoms with van der Waals surface area (Å²) in [5, 5.41) is 8.86. The minimum Gasteiger partial charge on any atom is -0.370 e. The van der Waals surface area contributed by atoms with Gasteiger partial charge >= 0.3 is 0 Å². The summed E-state index contributed by atoms with van der Waals surface area (Å²) < 4.78 is 2.72. The van der Waals surface area contributed by atoms with E-state index in [0.29, 0.717) is 10.9 Å². The number of rotatable bonds is 7. The molecule has 2 aromatic heterocycles. The second-order valence-electron chi connectivity index (χ2n) is 8.65. The Bertz CT molecular complexity index is 1290. The zero-order valence-corrected chi connectivity index (χ0v) is 22.2. The Morgan fingerprint density at radius 3 is 2.68 bits per heavy atom. The number of nitrogens with zero attached hydrogens (tertiary/aromatic N) is 4. The summed E-state index contributed by atoms with van der Waals surface area (Å²) in [6, 6.07) is 18.6. The van der Waals surface area contributed by atoms with Crippen LogP contribution in [0.2, 0.25) is 5.02 Å². The second kappa shape index (κ2) is 10.7. The summed E-state index contributed by atoms with van der Waals surface area (Å²) in [5.41, 5.74) is 3.97. The molecule has 0 saturated carbocycles. The minimum atomic E-state index is 0.623. The van der Waals surface area contributed by atoms with Gasteiger partial charge < -0.3 is 5.32 Å². The highest BCUT2D eigenvalue weighted by atomic mass is 79.9. The number of likely N-dealkylation sites (tertiary alicyclic amines) is 1. The highest BCUT2D eigenvalue weighted by molar-refractivity contribution is 9.10. The number of benzene rings is 2. The van der Waals surface area contributed by atoms with Gasteiger partial charge in [-0.2, -0.15) is 9.61 Å². The smallest absolute Gasteiger partial charge is 0.172 e. The lowest BCUT2D eigenvalue weighted by atomic mass is 9.96. The van der Waals surface area contributed by atoms with E-state index in [1.54, 1.807) is 6.20 Å². The van der Waals surface area contributed by atoms with E-state index in [4.69, 9.17) is 16.6 Å². The van der Waals surface area contributed by atoms with Crippen LogP contribution in [0.4, 0.5) is 5.82 Å². The summed E-state index contributed by atoms with van der Waals surface area (Å²) in [4.78, 5) is 8.77. The molecule has 1 aliphatic heterocycles. The average Bonchev–Trinajstić information content (AvgIpc) is 3.25. The first-order valence-corrected chi connectivity index (χ1v) is 13.9. The van der Waals surface area contributed by atoms with Gasteiger partial charge in [-0.05, 0) is 71.7 Å². The van der Waals surface area contributed by atoms with Gasteiger partial charge in [-0.25, -0.2) is 4.98 Å². The Hall–Kier alpha value is -2.06. The second-order valence-corrected chi connectivity index (χ2v) is 10.8. The highest BCUT2D eigenvalue weighted by Gasteiger charge is 2.21. The Labute approximate surface area is 218 Å². The van der Waals surface area contributed by atoms with Gasteiger partial charge in [0.2, 0.25) is 0 Å². The van der Waals surface area contributed by atoms with E-state index in [2.05, 4.69) is 61.8 Å². The molecule has 34 heavy (non-hydrogen) atoms. The van der Waals surface area contributed by atoms with Crippen LogP contribution in [0.1, 0.15) is 18.4 Å². The molecule has 3 heterocycles. The molecule has 0 amide bonds. The van der Waals surface area contributed by atoms with Crippen molar-refractivity contribution in [3.63, 3.8) is 0 Å². The Kier molecular flexibility index (Phi) is 7.44. The minimum absolute atomic E-state index is 0.623. The van der Waals surface area contributed by atoms with Crippen LogP contribution in [0.3, 0.4) is 0 Å². The van der Waals surface area contributed by atoms with Crippen LogP contribution in [-0.2, 0) is 6.54 Å². The van der Waals surface area contributed by atoms with Gasteiger partial charge in [-0.3, -0.25) is 4.90 Å². The zero-order chi connectivity index (χ0) is 23.5. The molecule has 5 nitrogen and oxygen atoms in total. The largest absolute Gasteiger partial charge is 0.370 e. The van der Waals surface area contributed by atoms with E-state index >= 15 is 0 Å². The van der Waals surface area contributed by atoms with Crippen LogP contribution in [0, 0.1) is 5.92 Å². The first-order chi connectivity index (χ1) is 16.6. The fourth-order valence-electron chi connectivity index (χ4n) is 4.54. The molecule has 2 aromatic carbocycles. The van der Waals surface area contributed by atoms with Crippen molar-refractivity contribution in [2.75, 3.05) is 31.2 Å². The van der Waals surface area contributed by atoms with E-state index in [1.165, 1.54) is 23.3 Å². The number of aromatic nitrogens is 3. The quantitative estimate of drug-likeness (QED) is 0.252. The van der Waals surface area contributed by atoms with Gasteiger partial charge in [0.15, 0.2) is 5.65 Å². The molecular weight excluding hydrogens is 530 g/mol. The van der Waals surface area contributed by atoms with Crippen LogP contribution in [0.5, 0.6) is 0 Å². The Morgan fingerprint density at radius 1 is 1.12 bits per heavy atom. The molecule has 1 saturated heterocycles. The van der Waals surface area contributed by atoms with Crippen LogP contribution in [-0.4, -0.2) is 45.4 Å². The third-order valence-electron chi connectivity index (χ3n) is 6.44. The monoisotopic (exact) mass is 555 g/mol. The topological polar surface area (TPSA) is 45.5 Å². The van der Waals surface area contributed by atoms with E-state index < -0.39 is 0 Å². The van der Waals surface area contributed by atoms with Crippen molar-refractivity contribution in [2.45, 2.75) is 24.3 Å². The van der Waals surface area contributed by atoms with Gasteiger partial charge in [0.25, 0.3) is 0 Å². The predicted molar refractivity (Wildman–Crippen MR) is 146 cm³/mol. The van der Waals surface area contributed by atoms with Crippen LogP contribution >= 0.6 is 39.3 Å². The van der Waals surface area contributed by atoms with Crippen molar-refractivity contribution in [3.8, 4) is 11.3 Å². The first kappa shape index (κ1) is 23.7. The maximum atomic E-state index is 6.46. The molecule has 1 fully saturated rings. The summed E-state index contributed by atoms with van der Waals surface area (Å²) in [7, 11) is 0. The maximum absolute atomic E-state index is 6.46. The lowest BCUT2D eigenvalue weighted by Gasteiger charge is -2.32. The first-order valence-electron chi connectivity index (χ1n) is 11.5. The lowest BCUT2D eigenvalue weighted by molar-refractivity contribution is 0.181. The van der Waals surface area contributed by atoms with Gasteiger partial charge in [0.1, 0.15) is 5.82 Å². The molecular formula is C26H27BrClN5S. The number of anilines is 1. The molecule has 0 bridgehead atoms. The van der Waals surface area contributed by atoms with Crippen molar-refractivity contribution < 1.29 is 0 Å². The predicted octanol–water partition coefficient (Wildman–Crippen LogP) is 6.86. The van der Waals surface area contributed by atoms with Gasteiger partial charge in [-0.15, -0.1) is 11.8 Å². The van der Waals surface area contributed by atoms with Crippen LogP contribution < -0.4 is 5.32 Å². The number of hydrogen-bond donors (Lipinski definition) is 1. The van der Waals surface area contributed by atoms with Crippen molar-refractivity contribution in [1.29, 1.82) is 0 Å². The molecule has 1 N–H and O–H groups in total. The fourth-order valence-corrected chi connectivity index (χ4v) is 5.73. The molecule has 0 spiro atoms. The molecule has 5 rings (SSSR count). The van der Waals surface area contributed by atoms with Crippen molar-refractivity contribution in [2.24, 2.45) is 5.92 Å². The van der Waals surface area contributed by atoms with Gasteiger partial charge in [-0.1, -0.05) is 48.0 Å². The molecule has 0 radical (unpaired) electrons. The van der Waals surface area contributed by atoms with E-state index in [9.17, 15) is 0 Å². The SMILES string of the molecule is CSc1ccccc1CN1CCC(CNc2cc(-c3ccccc3Cl)nc3c(Br)cnn23)CC1. The van der Waals surface area contributed by atoms with Crippen LogP contribution in [0.25, 0.3) is 16.9 Å². The number of hydrogen-bond acceptors (Lipinski definition) is 5. The number of halogens is 2.